The van der Waals surface area contributed by atoms with Crippen molar-refractivity contribution in [1.82, 2.24) is 35.2 Å². The van der Waals surface area contributed by atoms with E-state index in [-0.39, 0.29) is 51.9 Å². The van der Waals surface area contributed by atoms with Crippen molar-refractivity contribution >= 4 is 60.2 Å². The van der Waals surface area contributed by atoms with Crippen LogP contribution in [0.1, 0.15) is 60.6 Å². The smallest absolute Gasteiger partial charge is 0.273 e. The quantitative estimate of drug-likeness (QED) is 0.209. The van der Waals surface area contributed by atoms with Gasteiger partial charge in [0.15, 0.2) is 26.4 Å². The Kier molecular flexibility index (Phi) is 8.45. The first-order valence-corrected chi connectivity index (χ1v) is 18.1. The molecule has 1 aliphatic carbocycles. The van der Waals surface area contributed by atoms with E-state index in [1.807, 2.05) is 41.0 Å². The van der Waals surface area contributed by atoms with Gasteiger partial charge in [0.05, 0.1) is 62.5 Å². The number of carbonyl (C=O) groups excluding carboxylic acids is 2. The number of sulfone groups is 1. The maximum atomic E-state index is 12.8. The van der Waals surface area contributed by atoms with Gasteiger partial charge in [0.25, 0.3) is 5.91 Å². The molecule has 4 aromatic rings. The van der Waals surface area contributed by atoms with Gasteiger partial charge >= 0.3 is 0 Å². The molecular formula is C33H36B2N10O4S. The number of para-hydroxylation sites is 1. The zero-order chi connectivity index (χ0) is 35.5. The van der Waals surface area contributed by atoms with Crippen LogP contribution in [0.4, 0.5) is 22.9 Å². The van der Waals surface area contributed by atoms with Crippen molar-refractivity contribution in [2.75, 3.05) is 48.5 Å². The number of nitrogens with one attached hydrogen (secondary N) is 3. The highest BCUT2D eigenvalue weighted by Gasteiger charge is 2.42. The molecule has 3 N–H and O–H groups in total. The molecule has 0 bridgehead atoms. The number of hydrogen-bond acceptors (Lipinski definition) is 11. The maximum absolute atomic E-state index is 12.8. The second-order valence-electron chi connectivity index (χ2n) is 13.0. The van der Waals surface area contributed by atoms with Gasteiger partial charge in [0.2, 0.25) is 5.91 Å². The van der Waals surface area contributed by atoms with E-state index in [9.17, 15) is 18.0 Å². The summed E-state index contributed by atoms with van der Waals surface area (Å²) < 4.78 is 26.9. The molecule has 1 aromatic carbocycles. The number of anilines is 4. The van der Waals surface area contributed by atoms with Crippen LogP contribution in [0, 0.1) is 5.92 Å². The first-order valence-electron chi connectivity index (χ1n) is 16.5. The third kappa shape index (κ3) is 5.81. The predicted octanol–water partition coefficient (Wildman–Crippen LogP) is 2.50. The van der Waals surface area contributed by atoms with E-state index >= 15 is 0 Å². The second kappa shape index (κ2) is 12.5. The van der Waals surface area contributed by atoms with Crippen LogP contribution < -0.4 is 20.9 Å². The molecule has 2 amide bonds. The van der Waals surface area contributed by atoms with Crippen LogP contribution in [0.15, 0.2) is 53.7 Å². The molecule has 50 heavy (non-hydrogen) atoms. The van der Waals surface area contributed by atoms with Gasteiger partial charge in [-0.15, -0.1) is 10.2 Å². The Labute approximate surface area is 293 Å². The standard InChI is InChI=1S/C33H36B2N10O4S/c1-5-50(48,49)27-11-7-10-25(39-27)33(34,35)44-16-20(17-44)45-29-18(2)43(4)30-21(22(29)15-37-45)8-6-9-23(30)38-24-14-26(40-31(46)19-12-13-19)41-42-28(24)32(47)36-3/h6-11,14-15,18-20H,5,12-13,16-17H2,1-4H3,(H,36,47)(H2,38,40,41,46)/t18-/m1/s1. The number of nitrogens with zero attached hydrogens (tertiary/aromatic N) is 7. The Morgan fingerprint density at radius 3 is 2.48 bits per heavy atom. The highest BCUT2D eigenvalue weighted by Crippen LogP contribution is 2.49. The lowest BCUT2D eigenvalue weighted by Crippen LogP contribution is -2.60. The lowest BCUT2D eigenvalue weighted by Gasteiger charge is -2.50. The van der Waals surface area contributed by atoms with Gasteiger partial charge < -0.3 is 25.8 Å². The van der Waals surface area contributed by atoms with Crippen LogP contribution in [-0.2, 0) is 20.0 Å². The van der Waals surface area contributed by atoms with Crippen molar-refractivity contribution in [2.24, 2.45) is 5.92 Å². The topological polar surface area (TPSA) is 167 Å². The maximum Gasteiger partial charge on any atom is 0.273 e. The Bertz CT molecular complexity index is 2110. The summed E-state index contributed by atoms with van der Waals surface area (Å²) in [4.78, 5) is 33.5. The van der Waals surface area contributed by atoms with E-state index in [1.165, 1.54) is 13.1 Å². The van der Waals surface area contributed by atoms with E-state index in [0.29, 0.717) is 18.8 Å². The Morgan fingerprint density at radius 2 is 1.78 bits per heavy atom. The Hall–Kier alpha value is -4.76. The van der Waals surface area contributed by atoms with Crippen molar-refractivity contribution in [3.8, 4) is 11.1 Å². The summed E-state index contributed by atoms with van der Waals surface area (Å²) in [6.07, 6.45) is 3.55. The van der Waals surface area contributed by atoms with Crippen LogP contribution >= 0.6 is 0 Å². The third-order valence-corrected chi connectivity index (χ3v) is 11.4. The number of pyridine rings is 1. The molecule has 5 heterocycles. The van der Waals surface area contributed by atoms with Crippen molar-refractivity contribution in [2.45, 2.75) is 49.1 Å². The van der Waals surface area contributed by atoms with Crippen molar-refractivity contribution in [3.63, 3.8) is 0 Å². The number of carbonyl (C=O) groups is 2. The van der Waals surface area contributed by atoms with Gasteiger partial charge in [-0.1, -0.05) is 25.1 Å². The van der Waals surface area contributed by atoms with E-state index in [1.54, 1.807) is 25.1 Å². The normalized spacial score (nSPS) is 17.8. The average Bonchev–Trinajstić information content (AvgIpc) is 3.86. The molecule has 0 unspecified atom stereocenters. The number of likely N-dealkylation sites (tertiary alicyclic amines) is 1. The lowest BCUT2D eigenvalue weighted by atomic mass is 9.57. The minimum absolute atomic E-state index is 0.0184. The first-order chi connectivity index (χ1) is 23.8. The predicted molar refractivity (Wildman–Crippen MR) is 190 cm³/mol. The second-order valence-corrected chi connectivity index (χ2v) is 15.2. The van der Waals surface area contributed by atoms with Crippen LogP contribution in [0.5, 0.6) is 0 Å². The molecule has 3 aliphatic rings. The van der Waals surface area contributed by atoms with Crippen molar-refractivity contribution in [3.05, 3.63) is 65.7 Å². The molecule has 7 rings (SSSR count). The number of amides is 2. The van der Waals surface area contributed by atoms with E-state index in [2.05, 4.69) is 43.0 Å². The molecule has 1 atom stereocenters. The van der Waals surface area contributed by atoms with Crippen LogP contribution in [0.25, 0.3) is 11.1 Å². The molecule has 14 nitrogen and oxygen atoms in total. The fraction of sp³-hybridized carbons (Fsp3) is 0.394. The molecule has 17 heteroatoms. The van der Waals surface area contributed by atoms with Gasteiger partial charge in [-0.2, -0.15) is 5.10 Å². The molecule has 0 spiro atoms. The van der Waals surface area contributed by atoms with Gasteiger partial charge in [0.1, 0.15) is 0 Å². The molecule has 1 saturated heterocycles. The molecule has 4 radical (unpaired) electrons. The summed E-state index contributed by atoms with van der Waals surface area (Å²) >= 11 is 0. The van der Waals surface area contributed by atoms with Crippen LogP contribution in [0.3, 0.4) is 0 Å². The summed E-state index contributed by atoms with van der Waals surface area (Å²) in [6.45, 7) is 4.63. The van der Waals surface area contributed by atoms with E-state index in [4.69, 9.17) is 20.8 Å². The molecule has 2 aliphatic heterocycles. The SMILES string of the molecule is [B]C([B])(c1cccc(S(=O)(=O)CC)n1)N1CC(n2ncc3c2[C@@H](C)N(C)c2c(Nc4cc(NC(=O)C5CC5)nnc4C(=O)NC)cccc2-3)C1. The average molecular weight is 690 g/mol. The Morgan fingerprint density at radius 1 is 1.04 bits per heavy atom. The molecule has 254 valence electrons. The minimum atomic E-state index is -3.53. The zero-order valence-electron chi connectivity index (χ0n) is 28.2. The number of hydrogen-bond donors (Lipinski definition) is 3. The highest BCUT2D eigenvalue weighted by atomic mass is 32.2. The van der Waals surface area contributed by atoms with Gasteiger partial charge in [-0.05, 0) is 43.3 Å². The van der Waals surface area contributed by atoms with Crippen molar-refractivity contribution in [1.29, 1.82) is 0 Å². The van der Waals surface area contributed by atoms with Crippen molar-refractivity contribution < 1.29 is 18.0 Å². The molecular weight excluding hydrogens is 654 g/mol. The van der Waals surface area contributed by atoms with Gasteiger partial charge in [-0.3, -0.25) is 14.3 Å². The van der Waals surface area contributed by atoms with E-state index < -0.39 is 21.1 Å². The first kappa shape index (κ1) is 33.7. The molecule has 1 saturated carbocycles. The Balaban J connectivity index is 1.16. The summed E-state index contributed by atoms with van der Waals surface area (Å²) in [6, 6.07) is 12.1. The van der Waals surface area contributed by atoms with Crippen LogP contribution in [-0.4, -0.2) is 98.7 Å². The molecule has 2 fully saturated rings. The highest BCUT2D eigenvalue weighted by molar-refractivity contribution is 7.91. The number of benzene rings is 1. The number of fused-ring (bicyclic) bond motifs is 3. The monoisotopic (exact) mass is 690 g/mol. The molecule has 3 aromatic heterocycles. The lowest BCUT2D eigenvalue weighted by molar-refractivity contribution is -0.117. The summed E-state index contributed by atoms with van der Waals surface area (Å²) in [7, 11) is 13.2. The summed E-state index contributed by atoms with van der Waals surface area (Å²) in [5.74, 6) is -0.364. The van der Waals surface area contributed by atoms with E-state index in [0.717, 1.165) is 41.0 Å². The fourth-order valence-electron chi connectivity index (χ4n) is 6.49. The minimum Gasteiger partial charge on any atom is -0.364 e. The van der Waals surface area contributed by atoms with Crippen LogP contribution in [0.2, 0.25) is 0 Å². The number of aromatic nitrogens is 5. The van der Waals surface area contributed by atoms with Gasteiger partial charge in [0, 0.05) is 56.0 Å². The third-order valence-electron chi connectivity index (χ3n) is 9.76. The zero-order valence-corrected chi connectivity index (χ0v) is 29.0. The largest absolute Gasteiger partial charge is 0.364 e. The summed E-state index contributed by atoms with van der Waals surface area (Å²) in [5, 5.41) is 20.3. The fourth-order valence-corrected chi connectivity index (χ4v) is 7.31. The van der Waals surface area contributed by atoms with Gasteiger partial charge in [-0.25, -0.2) is 13.4 Å². The number of rotatable bonds is 10. The summed E-state index contributed by atoms with van der Waals surface area (Å²) in [5.41, 5.74) is 5.34.